The van der Waals surface area contributed by atoms with E-state index in [1.165, 1.54) is 5.56 Å². The van der Waals surface area contributed by atoms with E-state index in [9.17, 15) is 0 Å². The molecule has 0 aliphatic carbocycles. The SMILES string of the molecule is CN(c1ccc(Nc2ccccc2)cc1)c1ccc(-c2cccc(OCCCCCOCC3CO3)c2)cc1. The molecule has 1 aliphatic rings. The fraction of sp³-hybridized carbons (Fsp3) is 0.273. The number of nitrogens with one attached hydrogen (secondary N) is 1. The smallest absolute Gasteiger partial charge is 0.119 e. The van der Waals surface area contributed by atoms with E-state index in [-0.39, 0.29) is 0 Å². The number of anilines is 4. The van der Waals surface area contributed by atoms with Gasteiger partial charge in [0.15, 0.2) is 0 Å². The van der Waals surface area contributed by atoms with Crippen molar-refractivity contribution in [1.82, 2.24) is 0 Å². The molecule has 4 aromatic rings. The first-order chi connectivity index (χ1) is 18.7. The summed E-state index contributed by atoms with van der Waals surface area (Å²) in [5.41, 5.74) is 6.75. The average Bonchev–Trinajstić information content (AvgIpc) is 3.80. The van der Waals surface area contributed by atoms with Crippen LogP contribution in [0, 0.1) is 0 Å². The molecule has 1 heterocycles. The lowest BCUT2D eigenvalue weighted by Gasteiger charge is -2.20. The van der Waals surface area contributed by atoms with Crippen molar-refractivity contribution >= 4 is 22.7 Å². The molecule has 38 heavy (non-hydrogen) atoms. The molecule has 5 heteroatoms. The standard InChI is InChI=1S/C33H36N2O3/c1-35(31-19-15-29(16-20-31)34-28-10-4-2-5-11-28)30-17-13-26(14-18-30)27-9-8-12-32(23-27)37-22-7-3-6-21-36-24-33-25-38-33/h2,4-5,8-20,23,33-34H,3,6-7,21-22,24-25H2,1H3. The first-order valence-electron chi connectivity index (χ1n) is 13.4. The van der Waals surface area contributed by atoms with Crippen molar-refractivity contribution < 1.29 is 14.2 Å². The minimum absolute atomic E-state index is 0.350. The van der Waals surface area contributed by atoms with E-state index in [2.05, 4.69) is 96.1 Å². The van der Waals surface area contributed by atoms with Crippen LogP contribution >= 0.6 is 0 Å². The second-order valence-corrected chi connectivity index (χ2v) is 9.61. The van der Waals surface area contributed by atoms with Gasteiger partial charge in [0.25, 0.3) is 0 Å². The highest BCUT2D eigenvalue weighted by molar-refractivity contribution is 5.71. The molecule has 0 saturated carbocycles. The topological polar surface area (TPSA) is 46.3 Å². The zero-order chi connectivity index (χ0) is 26.0. The van der Waals surface area contributed by atoms with E-state index in [4.69, 9.17) is 14.2 Å². The highest BCUT2D eigenvalue weighted by Gasteiger charge is 2.21. The molecule has 1 saturated heterocycles. The van der Waals surface area contributed by atoms with E-state index in [1.54, 1.807) is 0 Å². The van der Waals surface area contributed by atoms with E-state index in [0.29, 0.717) is 6.10 Å². The summed E-state index contributed by atoms with van der Waals surface area (Å²) in [6, 6.07) is 35.7. The number of benzene rings is 4. The number of epoxide rings is 1. The van der Waals surface area contributed by atoms with Crippen molar-refractivity contribution in [3.63, 3.8) is 0 Å². The first-order valence-corrected chi connectivity index (χ1v) is 13.4. The van der Waals surface area contributed by atoms with Crippen molar-refractivity contribution in [1.29, 1.82) is 0 Å². The molecule has 1 fully saturated rings. The molecule has 0 spiro atoms. The summed E-state index contributed by atoms with van der Waals surface area (Å²) in [6.45, 7) is 3.12. The van der Waals surface area contributed by atoms with Crippen LogP contribution in [0.2, 0.25) is 0 Å². The molecule has 0 aromatic heterocycles. The fourth-order valence-electron chi connectivity index (χ4n) is 4.30. The maximum atomic E-state index is 6.02. The van der Waals surface area contributed by atoms with Crippen LogP contribution in [0.15, 0.2) is 103 Å². The molecule has 4 aromatic carbocycles. The Morgan fingerprint density at radius 2 is 1.42 bits per heavy atom. The van der Waals surface area contributed by atoms with E-state index in [0.717, 1.165) is 79.8 Å². The third kappa shape index (κ3) is 7.60. The zero-order valence-corrected chi connectivity index (χ0v) is 22.0. The maximum absolute atomic E-state index is 6.02. The maximum Gasteiger partial charge on any atom is 0.119 e. The minimum atomic E-state index is 0.350. The molecule has 0 radical (unpaired) electrons. The highest BCUT2D eigenvalue weighted by atomic mass is 16.6. The summed E-state index contributed by atoms with van der Waals surface area (Å²) in [6.07, 6.45) is 3.54. The van der Waals surface area contributed by atoms with E-state index in [1.807, 2.05) is 24.3 Å². The Labute approximate surface area is 226 Å². The van der Waals surface area contributed by atoms with Gasteiger partial charge in [-0.3, -0.25) is 0 Å². The molecule has 5 nitrogen and oxygen atoms in total. The van der Waals surface area contributed by atoms with Crippen LogP contribution in [0.25, 0.3) is 11.1 Å². The number of unbranched alkanes of at least 4 members (excludes halogenated alkanes) is 2. The quantitative estimate of drug-likeness (QED) is 0.139. The second-order valence-electron chi connectivity index (χ2n) is 9.61. The predicted octanol–water partition coefficient (Wildman–Crippen LogP) is 7.83. The summed E-state index contributed by atoms with van der Waals surface area (Å²) in [4.78, 5) is 2.19. The zero-order valence-electron chi connectivity index (χ0n) is 22.0. The van der Waals surface area contributed by atoms with Gasteiger partial charge < -0.3 is 24.4 Å². The van der Waals surface area contributed by atoms with Crippen molar-refractivity contribution in [3.8, 4) is 16.9 Å². The average molecular weight is 509 g/mol. The van der Waals surface area contributed by atoms with Gasteiger partial charge in [0.2, 0.25) is 0 Å². The molecular formula is C33H36N2O3. The molecule has 1 atom stereocenters. The van der Waals surface area contributed by atoms with E-state index < -0.39 is 0 Å². The van der Waals surface area contributed by atoms with E-state index >= 15 is 0 Å². The number of nitrogens with zero attached hydrogens (tertiary/aromatic N) is 1. The van der Waals surface area contributed by atoms with Crippen molar-refractivity contribution in [2.24, 2.45) is 0 Å². The summed E-state index contributed by atoms with van der Waals surface area (Å²) >= 11 is 0. The summed E-state index contributed by atoms with van der Waals surface area (Å²) < 4.78 is 16.8. The van der Waals surface area contributed by atoms with Gasteiger partial charge in [-0.25, -0.2) is 0 Å². The van der Waals surface area contributed by atoms with Crippen LogP contribution in [0.1, 0.15) is 19.3 Å². The Hall–Kier alpha value is -3.80. The van der Waals surface area contributed by atoms with Gasteiger partial charge in [0.1, 0.15) is 11.9 Å². The molecule has 0 bridgehead atoms. The van der Waals surface area contributed by atoms with Crippen LogP contribution in [0.4, 0.5) is 22.7 Å². The van der Waals surface area contributed by atoms with Gasteiger partial charge in [-0.2, -0.15) is 0 Å². The fourth-order valence-corrected chi connectivity index (χ4v) is 4.30. The van der Waals surface area contributed by atoms with Crippen LogP contribution in [-0.2, 0) is 9.47 Å². The number of hydrogen-bond acceptors (Lipinski definition) is 5. The van der Waals surface area contributed by atoms with Gasteiger partial charge in [0.05, 0.1) is 19.8 Å². The third-order valence-corrected chi connectivity index (χ3v) is 6.65. The molecule has 1 N–H and O–H groups in total. The van der Waals surface area contributed by atoms with Gasteiger partial charge in [-0.15, -0.1) is 0 Å². The third-order valence-electron chi connectivity index (χ3n) is 6.65. The lowest BCUT2D eigenvalue weighted by molar-refractivity contribution is 0.112. The second kappa shape index (κ2) is 13.1. The van der Waals surface area contributed by atoms with Gasteiger partial charge in [0, 0.05) is 36.4 Å². The number of rotatable bonds is 14. The van der Waals surface area contributed by atoms with Gasteiger partial charge in [-0.05, 0) is 91.1 Å². The monoisotopic (exact) mass is 508 g/mol. The lowest BCUT2D eigenvalue weighted by Crippen LogP contribution is -2.09. The molecule has 0 amide bonds. The van der Waals surface area contributed by atoms with Crippen LogP contribution in [0.3, 0.4) is 0 Å². The Kier molecular flexibility index (Phi) is 8.93. The highest BCUT2D eigenvalue weighted by Crippen LogP contribution is 2.30. The van der Waals surface area contributed by atoms with Crippen molar-refractivity contribution in [2.45, 2.75) is 25.4 Å². The molecular weight excluding hydrogens is 472 g/mol. The van der Waals surface area contributed by atoms with Crippen molar-refractivity contribution in [2.75, 3.05) is 43.7 Å². The normalized spacial score (nSPS) is 14.2. The minimum Gasteiger partial charge on any atom is -0.494 e. The number of hydrogen-bond donors (Lipinski definition) is 1. The Bertz CT molecular complexity index is 1260. The Morgan fingerprint density at radius 3 is 2.16 bits per heavy atom. The largest absolute Gasteiger partial charge is 0.494 e. The van der Waals surface area contributed by atoms with Crippen molar-refractivity contribution in [3.05, 3.63) is 103 Å². The summed E-state index contributed by atoms with van der Waals surface area (Å²) in [5.74, 6) is 0.912. The predicted molar refractivity (Wildman–Crippen MR) is 156 cm³/mol. The van der Waals surface area contributed by atoms with Crippen LogP contribution in [0.5, 0.6) is 5.75 Å². The molecule has 1 aliphatic heterocycles. The number of para-hydroxylation sites is 1. The molecule has 5 rings (SSSR count). The summed E-state index contributed by atoms with van der Waals surface area (Å²) in [5, 5.41) is 3.43. The summed E-state index contributed by atoms with van der Waals surface area (Å²) in [7, 11) is 2.09. The molecule has 196 valence electrons. The van der Waals surface area contributed by atoms with Crippen LogP contribution in [-0.4, -0.2) is 39.6 Å². The Morgan fingerprint density at radius 1 is 0.737 bits per heavy atom. The van der Waals surface area contributed by atoms with Gasteiger partial charge in [-0.1, -0.05) is 42.5 Å². The number of ether oxygens (including phenoxy) is 3. The van der Waals surface area contributed by atoms with Crippen LogP contribution < -0.4 is 15.0 Å². The first kappa shape index (κ1) is 25.8. The lowest BCUT2D eigenvalue weighted by atomic mass is 10.0. The van der Waals surface area contributed by atoms with Gasteiger partial charge >= 0.3 is 0 Å². The molecule has 1 unspecified atom stereocenters. The Balaban J connectivity index is 1.10.